The number of halogens is 1. The number of benzene rings is 1. The molecule has 0 bridgehead atoms. The van der Waals surface area contributed by atoms with E-state index in [1.54, 1.807) is 0 Å². The molecular formula is C15H17ClN2O4S. The zero-order chi connectivity index (χ0) is 17.0. The minimum Gasteiger partial charge on any atom is -0.447 e. The third-order valence-corrected chi connectivity index (χ3v) is 5.88. The molecule has 0 aromatic heterocycles. The summed E-state index contributed by atoms with van der Waals surface area (Å²) in [6.45, 7) is 1.98. The first-order chi connectivity index (χ1) is 10.8. The summed E-state index contributed by atoms with van der Waals surface area (Å²) in [5.41, 5.74) is 0. The number of hydrogen-bond donors (Lipinski definition) is 0. The van der Waals surface area contributed by atoms with Gasteiger partial charge in [0.25, 0.3) is 0 Å². The number of rotatable bonds is 4. The van der Waals surface area contributed by atoms with E-state index in [2.05, 4.69) is 0 Å². The number of piperidine rings is 1. The van der Waals surface area contributed by atoms with E-state index in [9.17, 15) is 13.2 Å². The number of carbonyl (C=O) groups is 1. The van der Waals surface area contributed by atoms with Gasteiger partial charge in [0.05, 0.1) is 10.8 Å². The van der Waals surface area contributed by atoms with Crippen LogP contribution in [0.2, 0.25) is 5.02 Å². The molecule has 6 nitrogen and oxygen atoms in total. The molecule has 0 aliphatic carbocycles. The fourth-order valence-corrected chi connectivity index (χ4v) is 3.98. The van der Waals surface area contributed by atoms with Gasteiger partial charge >= 0.3 is 5.97 Å². The molecule has 0 saturated carbocycles. The highest BCUT2D eigenvalue weighted by Crippen LogP contribution is 2.25. The van der Waals surface area contributed by atoms with Gasteiger partial charge in [-0.25, -0.2) is 8.42 Å². The molecule has 1 atom stereocenters. The van der Waals surface area contributed by atoms with Crippen molar-refractivity contribution in [2.75, 3.05) is 13.1 Å². The van der Waals surface area contributed by atoms with Crippen LogP contribution in [-0.2, 0) is 19.6 Å². The highest BCUT2D eigenvalue weighted by molar-refractivity contribution is 7.89. The molecule has 0 amide bonds. The lowest BCUT2D eigenvalue weighted by Gasteiger charge is -2.30. The van der Waals surface area contributed by atoms with Gasteiger partial charge in [0, 0.05) is 18.1 Å². The monoisotopic (exact) mass is 356 g/mol. The lowest BCUT2D eigenvalue weighted by molar-refractivity contribution is -0.152. The molecule has 1 aromatic carbocycles. The van der Waals surface area contributed by atoms with Gasteiger partial charge in [0.2, 0.25) is 10.0 Å². The molecule has 23 heavy (non-hydrogen) atoms. The smallest absolute Gasteiger partial charge is 0.310 e. The Hall–Kier alpha value is -1.62. The number of sulfonamides is 1. The SMILES string of the molecule is C[C@@H](C#N)OC(=O)C1CCN(S(=O)(=O)c2ccc(Cl)cc2)CC1. The Bertz CT molecular complexity index is 704. The van der Waals surface area contributed by atoms with Crippen LogP contribution in [0.25, 0.3) is 0 Å². The van der Waals surface area contributed by atoms with E-state index in [-0.39, 0.29) is 23.9 Å². The fraction of sp³-hybridized carbons (Fsp3) is 0.467. The van der Waals surface area contributed by atoms with Crippen molar-refractivity contribution in [3.63, 3.8) is 0 Å². The van der Waals surface area contributed by atoms with Crippen molar-refractivity contribution in [1.29, 1.82) is 5.26 Å². The van der Waals surface area contributed by atoms with Crippen molar-refractivity contribution < 1.29 is 17.9 Å². The van der Waals surface area contributed by atoms with Crippen LogP contribution in [0.3, 0.4) is 0 Å². The van der Waals surface area contributed by atoms with Crippen LogP contribution < -0.4 is 0 Å². The predicted molar refractivity (Wildman–Crippen MR) is 84.1 cm³/mol. The Labute approximate surface area is 140 Å². The van der Waals surface area contributed by atoms with E-state index in [1.165, 1.54) is 35.5 Å². The van der Waals surface area contributed by atoms with Crippen molar-refractivity contribution in [3.05, 3.63) is 29.3 Å². The third-order valence-electron chi connectivity index (χ3n) is 3.71. The Balaban J connectivity index is 2.00. The fourth-order valence-electron chi connectivity index (χ4n) is 2.38. The number of nitriles is 1. The van der Waals surface area contributed by atoms with Crippen molar-refractivity contribution in [3.8, 4) is 6.07 Å². The maximum absolute atomic E-state index is 12.5. The molecule has 8 heteroatoms. The maximum Gasteiger partial charge on any atom is 0.310 e. The zero-order valence-electron chi connectivity index (χ0n) is 12.6. The molecule has 1 saturated heterocycles. The van der Waals surface area contributed by atoms with Crippen LogP contribution in [0.15, 0.2) is 29.2 Å². The van der Waals surface area contributed by atoms with Crippen LogP contribution in [0, 0.1) is 17.2 Å². The topological polar surface area (TPSA) is 87.5 Å². The molecule has 2 rings (SSSR count). The number of ether oxygens (including phenoxy) is 1. The van der Waals surface area contributed by atoms with Gasteiger partial charge in [-0.15, -0.1) is 0 Å². The molecule has 1 fully saturated rings. The summed E-state index contributed by atoms with van der Waals surface area (Å²) in [7, 11) is -3.59. The van der Waals surface area contributed by atoms with Crippen molar-refractivity contribution in [2.24, 2.45) is 5.92 Å². The summed E-state index contributed by atoms with van der Waals surface area (Å²) < 4.78 is 31.4. The molecule has 0 spiro atoms. The van der Waals surface area contributed by atoms with Gasteiger partial charge in [0.1, 0.15) is 6.07 Å². The summed E-state index contributed by atoms with van der Waals surface area (Å²) in [5.74, 6) is -0.815. The molecule has 0 N–H and O–H groups in total. The quantitative estimate of drug-likeness (QED) is 0.772. The van der Waals surface area contributed by atoms with Crippen molar-refractivity contribution in [1.82, 2.24) is 4.31 Å². The van der Waals surface area contributed by atoms with Crippen LogP contribution in [-0.4, -0.2) is 37.9 Å². The maximum atomic E-state index is 12.5. The average Bonchev–Trinajstić information content (AvgIpc) is 2.55. The van der Waals surface area contributed by atoms with E-state index in [4.69, 9.17) is 21.6 Å². The summed E-state index contributed by atoms with van der Waals surface area (Å²) in [6.07, 6.45) is -0.0357. The van der Waals surface area contributed by atoms with E-state index in [1.807, 2.05) is 6.07 Å². The van der Waals surface area contributed by atoms with E-state index in [0.717, 1.165) is 0 Å². The molecule has 0 unspecified atom stereocenters. The van der Waals surface area contributed by atoms with Crippen LogP contribution in [0.5, 0.6) is 0 Å². The largest absolute Gasteiger partial charge is 0.447 e. The molecule has 1 heterocycles. The summed E-state index contributed by atoms with van der Waals surface area (Å²) in [5, 5.41) is 9.12. The highest BCUT2D eigenvalue weighted by atomic mass is 35.5. The van der Waals surface area contributed by atoms with Gasteiger partial charge in [-0.1, -0.05) is 11.6 Å². The third kappa shape index (κ3) is 4.22. The van der Waals surface area contributed by atoms with E-state index in [0.29, 0.717) is 17.9 Å². The first kappa shape index (κ1) is 17.7. The molecular weight excluding hydrogens is 340 g/mol. The first-order valence-electron chi connectivity index (χ1n) is 7.20. The number of carbonyl (C=O) groups excluding carboxylic acids is 1. The van der Waals surface area contributed by atoms with Gasteiger partial charge in [0.15, 0.2) is 6.10 Å². The van der Waals surface area contributed by atoms with Crippen molar-refractivity contribution in [2.45, 2.75) is 30.8 Å². The minimum atomic E-state index is -3.59. The molecule has 0 radical (unpaired) electrons. The summed E-state index contributed by atoms with van der Waals surface area (Å²) >= 11 is 5.77. The Morgan fingerprint density at radius 3 is 2.43 bits per heavy atom. The van der Waals surface area contributed by atoms with Gasteiger partial charge < -0.3 is 4.74 Å². The lowest BCUT2D eigenvalue weighted by atomic mass is 9.98. The normalized spacial score (nSPS) is 18.1. The standard InChI is InChI=1S/C15H17ClN2O4S/c1-11(10-17)22-15(19)12-6-8-18(9-7-12)23(20,21)14-4-2-13(16)3-5-14/h2-5,11-12H,6-9H2,1H3/t11-/m0/s1. The Morgan fingerprint density at radius 1 is 1.35 bits per heavy atom. The number of esters is 1. The second-order valence-electron chi connectivity index (χ2n) is 5.34. The predicted octanol–water partition coefficient (Wildman–Crippen LogP) is 2.20. The zero-order valence-corrected chi connectivity index (χ0v) is 14.2. The molecule has 1 aliphatic rings. The molecule has 124 valence electrons. The first-order valence-corrected chi connectivity index (χ1v) is 9.02. The summed E-state index contributed by atoms with van der Waals surface area (Å²) in [4.78, 5) is 12.1. The minimum absolute atomic E-state index is 0.182. The molecule has 1 aromatic rings. The second-order valence-corrected chi connectivity index (χ2v) is 7.71. The summed E-state index contributed by atoms with van der Waals surface area (Å²) in [6, 6.07) is 7.82. The van der Waals surface area contributed by atoms with E-state index < -0.39 is 22.1 Å². The number of hydrogen-bond acceptors (Lipinski definition) is 5. The molecule has 1 aliphatic heterocycles. The van der Waals surface area contributed by atoms with E-state index >= 15 is 0 Å². The second kappa shape index (κ2) is 7.30. The van der Waals surface area contributed by atoms with Gasteiger partial charge in [-0.05, 0) is 44.0 Å². The number of nitrogens with zero attached hydrogens (tertiary/aromatic N) is 2. The van der Waals surface area contributed by atoms with Crippen molar-refractivity contribution >= 4 is 27.6 Å². The Kier molecular flexibility index (Phi) is 5.63. The van der Waals surface area contributed by atoms with Crippen LogP contribution in [0.4, 0.5) is 0 Å². The van der Waals surface area contributed by atoms with Crippen LogP contribution in [0.1, 0.15) is 19.8 Å². The van der Waals surface area contributed by atoms with Gasteiger partial charge in [-0.3, -0.25) is 4.79 Å². The highest BCUT2D eigenvalue weighted by Gasteiger charge is 2.33. The average molecular weight is 357 g/mol. The van der Waals surface area contributed by atoms with Crippen LogP contribution >= 0.6 is 11.6 Å². The lowest BCUT2D eigenvalue weighted by Crippen LogP contribution is -2.40. The van der Waals surface area contributed by atoms with Gasteiger partial charge in [-0.2, -0.15) is 9.57 Å². The Morgan fingerprint density at radius 2 is 1.91 bits per heavy atom.